The molecule has 1 aromatic heterocycles. The van der Waals surface area contributed by atoms with Crippen LogP contribution in [0.3, 0.4) is 0 Å². The maximum absolute atomic E-state index is 11.0. The quantitative estimate of drug-likeness (QED) is 0.254. The Bertz CT molecular complexity index is 1090. The Hall–Kier alpha value is -3.08. The van der Waals surface area contributed by atoms with E-state index in [0.717, 1.165) is 28.1 Å². The van der Waals surface area contributed by atoms with E-state index in [1.54, 1.807) is 12.1 Å². The lowest BCUT2D eigenvalue weighted by Crippen LogP contribution is -2.04. The first-order chi connectivity index (χ1) is 14.1. The number of rotatable bonds is 5. The van der Waals surface area contributed by atoms with Gasteiger partial charge in [0.2, 0.25) is 0 Å². The SMILES string of the molecule is O=[N+]([O-])c1ccc(Cn2c(-c3ccccc3)c(Cl)c(Cl)c2-c2ccccc2)cc1. The Labute approximate surface area is 178 Å². The predicted octanol–water partition coefficient (Wildman–Crippen LogP) is 7.09. The molecule has 4 aromatic rings. The molecule has 0 aliphatic rings. The summed E-state index contributed by atoms with van der Waals surface area (Å²) in [5, 5.41) is 11.9. The summed E-state index contributed by atoms with van der Waals surface area (Å²) in [5.41, 5.74) is 4.49. The molecule has 4 nitrogen and oxygen atoms in total. The van der Waals surface area contributed by atoms with Crippen LogP contribution in [0.5, 0.6) is 0 Å². The molecule has 0 radical (unpaired) electrons. The highest BCUT2D eigenvalue weighted by atomic mass is 35.5. The lowest BCUT2D eigenvalue weighted by molar-refractivity contribution is -0.384. The normalized spacial score (nSPS) is 10.8. The van der Waals surface area contributed by atoms with Gasteiger partial charge in [0.05, 0.1) is 26.4 Å². The summed E-state index contributed by atoms with van der Waals surface area (Å²) in [6, 6.07) is 26.1. The number of nitrogens with zero attached hydrogens (tertiary/aromatic N) is 2. The van der Waals surface area contributed by atoms with E-state index in [2.05, 4.69) is 4.57 Å². The third-order valence-electron chi connectivity index (χ3n) is 4.73. The van der Waals surface area contributed by atoms with Gasteiger partial charge in [-0.2, -0.15) is 0 Å². The van der Waals surface area contributed by atoms with Crippen molar-refractivity contribution in [1.29, 1.82) is 0 Å². The molecule has 0 atom stereocenters. The van der Waals surface area contributed by atoms with Crippen LogP contribution in [0.15, 0.2) is 84.9 Å². The van der Waals surface area contributed by atoms with Crippen LogP contribution in [-0.2, 0) is 6.54 Å². The smallest absolute Gasteiger partial charge is 0.269 e. The lowest BCUT2D eigenvalue weighted by atomic mass is 10.1. The van der Waals surface area contributed by atoms with Crippen molar-refractivity contribution in [2.45, 2.75) is 6.54 Å². The van der Waals surface area contributed by atoms with Gasteiger partial charge >= 0.3 is 0 Å². The van der Waals surface area contributed by atoms with E-state index in [1.807, 2.05) is 60.7 Å². The van der Waals surface area contributed by atoms with Crippen molar-refractivity contribution in [2.24, 2.45) is 0 Å². The van der Waals surface area contributed by atoms with E-state index in [1.165, 1.54) is 12.1 Å². The number of hydrogen-bond donors (Lipinski definition) is 0. The Morgan fingerprint density at radius 1 is 0.724 bits per heavy atom. The fraction of sp³-hybridized carbons (Fsp3) is 0.0435. The minimum atomic E-state index is -0.405. The summed E-state index contributed by atoms with van der Waals surface area (Å²) >= 11 is 13.4. The van der Waals surface area contributed by atoms with Crippen LogP contribution in [0.25, 0.3) is 22.5 Å². The van der Waals surface area contributed by atoms with Gasteiger partial charge in [-0.1, -0.05) is 96.0 Å². The third kappa shape index (κ3) is 3.77. The molecule has 0 N–H and O–H groups in total. The average Bonchev–Trinajstić information content (AvgIpc) is 2.99. The first-order valence-electron chi connectivity index (χ1n) is 8.98. The summed E-state index contributed by atoms with van der Waals surface area (Å²) in [4.78, 5) is 10.6. The zero-order chi connectivity index (χ0) is 20.4. The summed E-state index contributed by atoms with van der Waals surface area (Å²) in [6.07, 6.45) is 0. The van der Waals surface area contributed by atoms with Crippen molar-refractivity contribution in [3.8, 4) is 22.5 Å². The Kier molecular flexibility index (Phi) is 5.38. The summed E-state index contributed by atoms with van der Waals surface area (Å²) in [6.45, 7) is 0.471. The number of aromatic nitrogens is 1. The van der Waals surface area contributed by atoms with Crippen LogP contribution in [0.1, 0.15) is 5.56 Å². The van der Waals surface area contributed by atoms with Crippen molar-refractivity contribution < 1.29 is 4.92 Å². The van der Waals surface area contributed by atoms with E-state index in [0.29, 0.717) is 16.6 Å². The molecule has 0 amide bonds. The minimum absolute atomic E-state index is 0.0592. The molecule has 0 aliphatic carbocycles. The molecule has 0 spiro atoms. The Morgan fingerprint density at radius 2 is 1.17 bits per heavy atom. The standard InChI is InChI=1S/C23H16Cl2N2O2/c24-20-21(25)23(18-9-5-2-6-10-18)26(22(20)17-7-3-1-4-8-17)15-16-11-13-19(14-12-16)27(28)29/h1-14H,15H2. The van der Waals surface area contributed by atoms with Crippen LogP contribution in [0.2, 0.25) is 10.0 Å². The summed E-state index contributed by atoms with van der Waals surface area (Å²) in [7, 11) is 0. The molecule has 0 unspecified atom stereocenters. The molecular formula is C23H16Cl2N2O2. The third-order valence-corrected chi connectivity index (χ3v) is 5.56. The topological polar surface area (TPSA) is 48.1 Å². The molecule has 4 rings (SSSR count). The lowest BCUT2D eigenvalue weighted by Gasteiger charge is -2.14. The average molecular weight is 423 g/mol. The van der Waals surface area contributed by atoms with Gasteiger partial charge in [0.1, 0.15) is 0 Å². The summed E-state index contributed by atoms with van der Waals surface area (Å²) in [5.74, 6) is 0. The molecule has 3 aromatic carbocycles. The molecule has 29 heavy (non-hydrogen) atoms. The molecular weight excluding hydrogens is 407 g/mol. The number of nitro benzene ring substituents is 1. The maximum atomic E-state index is 11.0. The zero-order valence-corrected chi connectivity index (χ0v) is 16.8. The van der Waals surface area contributed by atoms with E-state index in [-0.39, 0.29) is 5.69 Å². The second-order valence-corrected chi connectivity index (χ2v) is 7.32. The van der Waals surface area contributed by atoms with Crippen molar-refractivity contribution in [2.75, 3.05) is 0 Å². The molecule has 0 saturated carbocycles. The van der Waals surface area contributed by atoms with Gasteiger partial charge in [0, 0.05) is 18.7 Å². The van der Waals surface area contributed by atoms with Gasteiger partial charge in [0.25, 0.3) is 5.69 Å². The van der Waals surface area contributed by atoms with Crippen LogP contribution in [0, 0.1) is 10.1 Å². The van der Waals surface area contributed by atoms with E-state index >= 15 is 0 Å². The van der Waals surface area contributed by atoms with Crippen LogP contribution >= 0.6 is 23.2 Å². The number of non-ortho nitro benzene ring substituents is 1. The summed E-state index contributed by atoms with van der Waals surface area (Å²) < 4.78 is 2.07. The van der Waals surface area contributed by atoms with E-state index in [9.17, 15) is 10.1 Å². The van der Waals surface area contributed by atoms with Gasteiger partial charge < -0.3 is 4.57 Å². The van der Waals surface area contributed by atoms with Crippen molar-refractivity contribution in [1.82, 2.24) is 4.57 Å². The minimum Gasteiger partial charge on any atom is -0.333 e. The number of benzene rings is 3. The zero-order valence-electron chi connectivity index (χ0n) is 15.3. The van der Waals surface area contributed by atoms with Crippen molar-refractivity contribution in [3.63, 3.8) is 0 Å². The maximum Gasteiger partial charge on any atom is 0.269 e. The second kappa shape index (κ2) is 8.11. The Balaban J connectivity index is 1.90. The van der Waals surface area contributed by atoms with E-state index < -0.39 is 4.92 Å². The largest absolute Gasteiger partial charge is 0.333 e. The monoisotopic (exact) mass is 422 g/mol. The second-order valence-electron chi connectivity index (χ2n) is 6.57. The molecule has 144 valence electrons. The van der Waals surface area contributed by atoms with Crippen molar-refractivity contribution in [3.05, 3.63) is 111 Å². The predicted molar refractivity (Wildman–Crippen MR) is 118 cm³/mol. The van der Waals surface area contributed by atoms with Crippen molar-refractivity contribution >= 4 is 28.9 Å². The van der Waals surface area contributed by atoms with Gasteiger partial charge in [-0.3, -0.25) is 10.1 Å². The van der Waals surface area contributed by atoms with Crippen LogP contribution < -0.4 is 0 Å². The molecule has 6 heteroatoms. The number of halogens is 2. The first kappa shape index (κ1) is 19.2. The molecule has 1 heterocycles. The highest BCUT2D eigenvalue weighted by Gasteiger charge is 2.23. The fourth-order valence-corrected chi connectivity index (χ4v) is 3.98. The van der Waals surface area contributed by atoms with Gasteiger partial charge in [-0.05, 0) is 16.7 Å². The molecule has 0 aliphatic heterocycles. The molecule has 0 bridgehead atoms. The van der Waals surface area contributed by atoms with Gasteiger partial charge in [-0.15, -0.1) is 0 Å². The highest BCUT2D eigenvalue weighted by Crippen LogP contribution is 2.44. The first-order valence-corrected chi connectivity index (χ1v) is 9.73. The van der Waals surface area contributed by atoms with Gasteiger partial charge in [-0.25, -0.2) is 0 Å². The number of hydrogen-bond acceptors (Lipinski definition) is 2. The number of nitro groups is 1. The molecule has 0 fully saturated rings. The highest BCUT2D eigenvalue weighted by molar-refractivity contribution is 6.45. The fourth-order valence-electron chi connectivity index (χ4n) is 3.38. The Morgan fingerprint density at radius 3 is 1.59 bits per heavy atom. The van der Waals surface area contributed by atoms with Crippen LogP contribution in [0.4, 0.5) is 5.69 Å². The van der Waals surface area contributed by atoms with Crippen LogP contribution in [-0.4, -0.2) is 9.49 Å². The van der Waals surface area contributed by atoms with E-state index in [4.69, 9.17) is 23.2 Å². The molecule has 0 saturated heterocycles. The van der Waals surface area contributed by atoms with Gasteiger partial charge in [0.15, 0.2) is 0 Å².